The molecule has 4 aromatic carbocycles. The van der Waals surface area contributed by atoms with Crippen LogP contribution < -0.4 is 0 Å². The Morgan fingerprint density at radius 2 is 1.65 bits per heavy atom. The summed E-state index contributed by atoms with van der Waals surface area (Å²) in [6.45, 7) is 11.1. The van der Waals surface area contributed by atoms with Gasteiger partial charge in [0, 0.05) is 24.8 Å². The first-order valence-electron chi connectivity index (χ1n) is 18.1. The highest BCUT2D eigenvalue weighted by Gasteiger charge is 2.35. The first-order valence-corrected chi connectivity index (χ1v) is 18.1. The van der Waals surface area contributed by atoms with E-state index < -0.39 is 5.60 Å². The van der Waals surface area contributed by atoms with Gasteiger partial charge < -0.3 is 19.4 Å². The molecule has 0 spiro atoms. The van der Waals surface area contributed by atoms with E-state index in [1.54, 1.807) is 9.80 Å². The molecule has 7 rings (SSSR count). The summed E-state index contributed by atoms with van der Waals surface area (Å²) in [6.07, 6.45) is 3.82. The number of nitrogens with one attached hydrogen (secondary N) is 2. The van der Waals surface area contributed by atoms with E-state index in [0.717, 1.165) is 80.7 Å². The molecule has 2 amide bonds. The van der Waals surface area contributed by atoms with Crippen molar-refractivity contribution in [3.63, 3.8) is 0 Å². The minimum atomic E-state index is -0.546. The van der Waals surface area contributed by atoms with E-state index in [0.29, 0.717) is 13.1 Å². The molecule has 0 bridgehead atoms. The molecule has 1 aliphatic heterocycles. The number of carbonyl (C=O) groups is 2. The maximum Gasteiger partial charge on any atom is 0.410 e. The van der Waals surface area contributed by atoms with E-state index in [9.17, 15) is 9.59 Å². The van der Waals surface area contributed by atoms with Crippen LogP contribution in [0.2, 0.25) is 0 Å². The number of benzene rings is 4. The number of hydrogen-bond acceptors (Lipinski definition) is 6. The molecule has 1 saturated heterocycles. The van der Waals surface area contributed by atoms with Crippen molar-refractivity contribution in [2.75, 3.05) is 13.1 Å². The zero-order chi connectivity index (χ0) is 36.4. The van der Waals surface area contributed by atoms with Gasteiger partial charge >= 0.3 is 12.2 Å². The minimum absolute atomic E-state index is 0.130. The third kappa shape index (κ3) is 7.51. The highest BCUT2D eigenvalue weighted by molar-refractivity contribution is 5.92. The van der Waals surface area contributed by atoms with Gasteiger partial charge in [-0.1, -0.05) is 67.6 Å². The first-order chi connectivity index (χ1) is 25.1. The smallest absolute Gasteiger partial charge is 0.410 e. The molecule has 0 saturated carbocycles. The molecule has 268 valence electrons. The normalized spacial score (nSPS) is 15.2. The van der Waals surface area contributed by atoms with E-state index in [1.807, 2.05) is 77.2 Å². The average molecular weight is 699 g/mol. The van der Waals surface area contributed by atoms with Crippen molar-refractivity contribution in [2.45, 2.75) is 78.2 Å². The van der Waals surface area contributed by atoms with E-state index in [-0.39, 0.29) is 30.9 Å². The number of aromatic nitrogens is 4. The van der Waals surface area contributed by atoms with Gasteiger partial charge in [0.25, 0.3) is 0 Å². The van der Waals surface area contributed by atoms with Crippen LogP contribution in [0.5, 0.6) is 0 Å². The quantitative estimate of drug-likeness (QED) is 0.155. The molecule has 52 heavy (non-hydrogen) atoms. The molecule has 1 aliphatic rings. The Balaban J connectivity index is 1.06. The van der Waals surface area contributed by atoms with Gasteiger partial charge in [-0.15, -0.1) is 0 Å². The third-order valence-electron chi connectivity index (χ3n) is 9.53. The molecule has 3 heterocycles. The van der Waals surface area contributed by atoms with Crippen molar-refractivity contribution in [3.05, 3.63) is 108 Å². The predicted octanol–water partition coefficient (Wildman–Crippen LogP) is 9.95. The second-order valence-electron chi connectivity index (χ2n) is 14.5. The lowest BCUT2D eigenvalue weighted by molar-refractivity contribution is 0.0218. The Hall–Kier alpha value is -5.64. The van der Waals surface area contributed by atoms with Gasteiger partial charge in [-0.25, -0.2) is 19.6 Å². The van der Waals surface area contributed by atoms with Crippen molar-refractivity contribution in [3.8, 4) is 22.4 Å². The summed E-state index contributed by atoms with van der Waals surface area (Å²) in [5.41, 5.74) is 6.14. The molecule has 10 nitrogen and oxygen atoms in total. The van der Waals surface area contributed by atoms with Gasteiger partial charge in [0.05, 0.1) is 28.8 Å². The Labute approximate surface area is 304 Å². The SMILES string of the molecule is CCCN(C(=O)OCc1ccccc1)[C@@H](C)c1nc2cc(-c3ccc4cc(-c5c[nH]c([C@@H]6CCCN6C(=O)OC(C)(C)C)n5)ccc4c3)ccc2[nH]1. The molecule has 10 heteroatoms. The zero-order valence-electron chi connectivity index (χ0n) is 30.5. The van der Waals surface area contributed by atoms with E-state index in [2.05, 4.69) is 58.5 Å². The second kappa shape index (κ2) is 14.5. The fourth-order valence-electron chi connectivity index (χ4n) is 6.87. The maximum absolute atomic E-state index is 13.2. The van der Waals surface area contributed by atoms with E-state index >= 15 is 0 Å². The van der Waals surface area contributed by atoms with Crippen LogP contribution in [0.25, 0.3) is 44.2 Å². The van der Waals surface area contributed by atoms with Crippen LogP contribution in [0.15, 0.2) is 91.1 Å². The number of carbonyl (C=O) groups excluding carboxylic acids is 2. The number of nitrogens with zero attached hydrogens (tertiary/aromatic N) is 4. The number of hydrogen-bond donors (Lipinski definition) is 2. The highest BCUT2D eigenvalue weighted by atomic mass is 16.6. The zero-order valence-corrected chi connectivity index (χ0v) is 30.5. The number of likely N-dealkylation sites (tertiary alicyclic amines) is 1. The number of aromatic amines is 2. The van der Waals surface area contributed by atoms with Crippen LogP contribution in [0.3, 0.4) is 0 Å². The Bertz CT molecular complexity index is 2200. The summed E-state index contributed by atoms with van der Waals surface area (Å²) in [7, 11) is 0. The van der Waals surface area contributed by atoms with Gasteiger partial charge in [-0.05, 0) is 98.7 Å². The largest absolute Gasteiger partial charge is 0.445 e. The summed E-state index contributed by atoms with van der Waals surface area (Å²) >= 11 is 0. The van der Waals surface area contributed by atoms with Crippen molar-refractivity contribution in [1.29, 1.82) is 0 Å². The number of H-pyrrole nitrogens is 2. The van der Waals surface area contributed by atoms with Gasteiger partial charge in [0.15, 0.2) is 0 Å². The number of ether oxygens (including phenoxy) is 2. The van der Waals surface area contributed by atoms with Gasteiger partial charge in [-0.2, -0.15) is 0 Å². The lowest BCUT2D eigenvalue weighted by Crippen LogP contribution is -2.36. The number of rotatable bonds is 9. The molecule has 2 N–H and O–H groups in total. The summed E-state index contributed by atoms with van der Waals surface area (Å²) in [6, 6.07) is 28.3. The lowest BCUT2D eigenvalue weighted by Gasteiger charge is -2.27. The van der Waals surface area contributed by atoms with Crippen molar-refractivity contribution < 1.29 is 19.1 Å². The standard InChI is InChI=1S/C42H46N6O4/c1-6-20-47(40(49)51-26-28-11-8-7-9-12-28)27(2)38-44-34-19-18-32(24-35(34)45-38)30-14-15-31-23-33(17-16-29(31)22-30)36-25-43-39(46-36)37-13-10-21-48(37)41(50)52-42(3,4)5/h7-9,11-12,14-19,22-25,27,37H,6,10,13,20-21,26H2,1-5H3,(H,43,46)(H,44,45)/t27-,37-/m0/s1. The lowest BCUT2D eigenvalue weighted by atomic mass is 9.99. The molecule has 0 radical (unpaired) electrons. The van der Waals surface area contributed by atoms with E-state index in [1.165, 1.54) is 0 Å². The fraction of sp³-hybridized carbons (Fsp3) is 0.333. The minimum Gasteiger partial charge on any atom is -0.445 e. The molecule has 6 aromatic rings. The monoisotopic (exact) mass is 698 g/mol. The predicted molar refractivity (Wildman–Crippen MR) is 204 cm³/mol. The van der Waals surface area contributed by atoms with Crippen LogP contribution >= 0.6 is 0 Å². The number of amides is 2. The molecule has 0 unspecified atom stereocenters. The number of fused-ring (bicyclic) bond motifs is 2. The molecule has 2 atom stereocenters. The summed E-state index contributed by atoms with van der Waals surface area (Å²) in [5, 5.41) is 2.22. The summed E-state index contributed by atoms with van der Waals surface area (Å²) < 4.78 is 11.3. The van der Waals surface area contributed by atoms with Crippen molar-refractivity contribution in [2.24, 2.45) is 0 Å². The molecular formula is C42H46N6O4. The molecule has 0 aliphatic carbocycles. The average Bonchev–Trinajstić information content (AvgIpc) is 3.92. The van der Waals surface area contributed by atoms with Gasteiger partial charge in [0.1, 0.15) is 23.9 Å². The Kier molecular flexibility index (Phi) is 9.73. The van der Waals surface area contributed by atoms with Crippen LogP contribution in [0.1, 0.15) is 83.2 Å². The first kappa shape index (κ1) is 34.8. The van der Waals surface area contributed by atoms with Crippen LogP contribution in [-0.2, 0) is 16.1 Å². The Morgan fingerprint density at radius 3 is 2.40 bits per heavy atom. The molecular weight excluding hydrogens is 652 g/mol. The summed E-state index contributed by atoms with van der Waals surface area (Å²) in [4.78, 5) is 46.1. The maximum atomic E-state index is 13.2. The third-order valence-corrected chi connectivity index (χ3v) is 9.53. The topological polar surface area (TPSA) is 116 Å². The fourth-order valence-corrected chi connectivity index (χ4v) is 6.87. The molecule has 1 fully saturated rings. The van der Waals surface area contributed by atoms with Crippen LogP contribution in [0, 0.1) is 0 Å². The van der Waals surface area contributed by atoms with Crippen LogP contribution in [0.4, 0.5) is 9.59 Å². The summed E-state index contributed by atoms with van der Waals surface area (Å²) in [5.74, 6) is 1.50. The second-order valence-corrected chi connectivity index (χ2v) is 14.5. The van der Waals surface area contributed by atoms with Gasteiger partial charge in [0.2, 0.25) is 0 Å². The van der Waals surface area contributed by atoms with Crippen LogP contribution in [-0.4, -0.2) is 60.6 Å². The van der Waals surface area contributed by atoms with Crippen molar-refractivity contribution >= 4 is 34.0 Å². The molecule has 2 aromatic heterocycles. The van der Waals surface area contributed by atoms with Gasteiger partial charge in [-0.3, -0.25) is 9.80 Å². The number of imidazole rings is 2. The highest BCUT2D eigenvalue weighted by Crippen LogP contribution is 2.34. The Morgan fingerprint density at radius 1 is 0.942 bits per heavy atom. The van der Waals surface area contributed by atoms with E-state index in [4.69, 9.17) is 19.4 Å². The van der Waals surface area contributed by atoms with Crippen molar-refractivity contribution in [1.82, 2.24) is 29.7 Å².